The summed E-state index contributed by atoms with van der Waals surface area (Å²) in [5.41, 5.74) is 0.333. The van der Waals surface area contributed by atoms with Gasteiger partial charge in [0, 0.05) is 44.4 Å². The Bertz CT molecular complexity index is 1480. The second-order valence-corrected chi connectivity index (χ2v) is 9.80. The summed E-state index contributed by atoms with van der Waals surface area (Å²) in [6.45, 7) is 1.80. The molecular formula is C24H20F3N3O2S. The van der Waals surface area contributed by atoms with Crippen molar-refractivity contribution in [1.29, 1.82) is 0 Å². The van der Waals surface area contributed by atoms with Gasteiger partial charge in [0.05, 0.1) is 11.3 Å². The van der Waals surface area contributed by atoms with Crippen LogP contribution in [0.5, 0.6) is 0 Å². The maximum atomic E-state index is 15.2. The van der Waals surface area contributed by atoms with E-state index < -0.39 is 38.5 Å². The second kappa shape index (κ2) is 8.74. The molecule has 4 aromatic rings. The normalized spacial score (nSPS) is 13.1. The minimum atomic E-state index is -2.86. The van der Waals surface area contributed by atoms with Crippen molar-refractivity contribution in [1.82, 2.24) is 9.97 Å². The number of benzene rings is 2. The number of fused-ring (bicyclic) bond motifs is 1. The van der Waals surface area contributed by atoms with Crippen LogP contribution in [-0.2, 0) is 9.71 Å². The van der Waals surface area contributed by atoms with E-state index in [1.165, 1.54) is 24.5 Å². The lowest BCUT2D eigenvalue weighted by Crippen LogP contribution is -2.18. The molecule has 0 amide bonds. The Labute approximate surface area is 188 Å². The monoisotopic (exact) mass is 471 g/mol. The molecule has 2 aromatic heterocycles. The van der Waals surface area contributed by atoms with Crippen LogP contribution in [-0.4, -0.2) is 31.6 Å². The van der Waals surface area contributed by atoms with Crippen LogP contribution >= 0.6 is 0 Å². The van der Waals surface area contributed by atoms with Crippen LogP contribution in [0.2, 0.25) is 0 Å². The maximum Gasteiger partial charge on any atom is 0.201 e. The smallest absolute Gasteiger partial charge is 0.201 e. The van der Waals surface area contributed by atoms with Gasteiger partial charge in [-0.15, -0.1) is 0 Å². The number of aromatic nitrogens is 2. The van der Waals surface area contributed by atoms with E-state index in [2.05, 4.69) is 20.6 Å². The largest absolute Gasteiger partial charge is 0.345 e. The van der Waals surface area contributed by atoms with E-state index >= 15 is 4.39 Å². The standard InChI is InChI=1S/C24H20F3N3O2S/c1-3-9-33(2,32)30-20-8-7-19(26)21(22(20)27)23(31)18-13-29-24-17(18)11-15(12-28-24)14-5-4-6-16(25)10-14/h4-8,10-13H,2-3,9H2,1H3,(H,28,29)(H,30,32). The molecule has 2 N–H and O–H groups in total. The zero-order valence-electron chi connectivity index (χ0n) is 17.6. The predicted octanol–water partition coefficient (Wildman–Crippen LogP) is 5.33. The minimum absolute atomic E-state index is 0.00498. The zero-order chi connectivity index (χ0) is 23.8. The second-order valence-electron chi connectivity index (χ2n) is 7.56. The van der Waals surface area contributed by atoms with Crippen molar-refractivity contribution in [2.45, 2.75) is 13.3 Å². The number of nitrogens with one attached hydrogen (secondary N) is 2. The molecule has 0 spiro atoms. The molecule has 0 bridgehead atoms. The molecule has 0 fully saturated rings. The van der Waals surface area contributed by atoms with Crippen molar-refractivity contribution in [3.05, 3.63) is 83.4 Å². The SMILES string of the molecule is C=S(=O)(CCC)Nc1ccc(F)c(C(=O)c2c[nH]c3ncc(-c4cccc(F)c4)cc23)c1F. The van der Waals surface area contributed by atoms with Crippen LogP contribution < -0.4 is 4.72 Å². The molecule has 1 unspecified atom stereocenters. The molecule has 0 aliphatic heterocycles. The number of aromatic amines is 1. The first-order chi connectivity index (χ1) is 15.7. The fraction of sp³-hybridized carbons (Fsp3) is 0.125. The quantitative estimate of drug-likeness (QED) is 0.283. The van der Waals surface area contributed by atoms with Gasteiger partial charge >= 0.3 is 0 Å². The van der Waals surface area contributed by atoms with Gasteiger partial charge in [0.1, 0.15) is 17.3 Å². The molecule has 33 heavy (non-hydrogen) atoms. The summed E-state index contributed by atoms with van der Waals surface area (Å²) in [5.74, 6) is 0.184. The summed E-state index contributed by atoms with van der Waals surface area (Å²) in [4.78, 5) is 20.3. The molecule has 5 nitrogen and oxygen atoms in total. The van der Waals surface area contributed by atoms with Gasteiger partial charge in [-0.25, -0.2) is 22.4 Å². The first-order valence-corrected chi connectivity index (χ1v) is 12.0. The first-order valence-electron chi connectivity index (χ1n) is 10.1. The van der Waals surface area contributed by atoms with Gasteiger partial charge in [0.2, 0.25) is 5.78 Å². The van der Waals surface area contributed by atoms with E-state index in [1.54, 1.807) is 25.1 Å². The molecule has 0 saturated heterocycles. The van der Waals surface area contributed by atoms with Gasteiger partial charge in [0.25, 0.3) is 0 Å². The summed E-state index contributed by atoms with van der Waals surface area (Å²) in [6, 6.07) is 9.46. The molecule has 2 heterocycles. The molecule has 1 atom stereocenters. The third-order valence-electron chi connectivity index (χ3n) is 5.08. The summed E-state index contributed by atoms with van der Waals surface area (Å²) < 4.78 is 58.4. The summed E-state index contributed by atoms with van der Waals surface area (Å²) >= 11 is 0. The average molecular weight is 472 g/mol. The highest BCUT2D eigenvalue weighted by Gasteiger charge is 2.25. The zero-order valence-corrected chi connectivity index (χ0v) is 18.4. The molecule has 0 radical (unpaired) electrons. The van der Waals surface area contributed by atoms with Gasteiger partial charge in [-0.05, 0) is 48.2 Å². The Hall–Kier alpha value is -3.59. The number of carbonyl (C=O) groups excluding carboxylic acids is 1. The van der Waals surface area contributed by atoms with Crippen molar-refractivity contribution in [3.63, 3.8) is 0 Å². The van der Waals surface area contributed by atoms with E-state index in [4.69, 9.17) is 0 Å². The van der Waals surface area contributed by atoms with Gasteiger partial charge in [-0.2, -0.15) is 0 Å². The van der Waals surface area contributed by atoms with Crippen LogP contribution in [0.3, 0.4) is 0 Å². The molecule has 0 aliphatic carbocycles. The highest BCUT2D eigenvalue weighted by atomic mass is 32.2. The van der Waals surface area contributed by atoms with Crippen molar-refractivity contribution in [2.24, 2.45) is 0 Å². The Morgan fingerprint density at radius 3 is 2.67 bits per heavy atom. The van der Waals surface area contributed by atoms with Crippen LogP contribution in [0, 0.1) is 17.5 Å². The Morgan fingerprint density at radius 1 is 1.15 bits per heavy atom. The van der Waals surface area contributed by atoms with Crippen LogP contribution in [0.25, 0.3) is 22.2 Å². The van der Waals surface area contributed by atoms with Crippen LogP contribution in [0.1, 0.15) is 29.3 Å². The van der Waals surface area contributed by atoms with Gasteiger partial charge < -0.3 is 9.71 Å². The van der Waals surface area contributed by atoms with Crippen LogP contribution in [0.4, 0.5) is 18.9 Å². The van der Waals surface area contributed by atoms with E-state index in [9.17, 15) is 17.8 Å². The molecule has 2 aromatic carbocycles. The summed E-state index contributed by atoms with van der Waals surface area (Å²) in [7, 11) is -2.86. The topological polar surface area (TPSA) is 74.8 Å². The number of rotatable bonds is 7. The fourth-order valence-corrected chi connectivity index (χ4v) is 4.89. The molecule has 0 saturated carbocycles. The number of halogens is 3. The lowest BCUT2D eigenvalue weighted by Gasteiger charge is -2.14. The third kappa shape index (κ3) is 4.49. The number of ketones is 1. The number of anilines is 1. The Kier molecular flexibility index (Phi) is 5.99. The van der Waals surface area contributed by atoms with E-state index in [0.717, 1.165) is 12.1 Å². The van der Waals surface area contributed by atoms with Gasteiger partial charge in [-0.1, -0.05) is 19.1 Å². The highest BCUT2D eigenvalue weighted by Crippen LogP contribution is 2.29. The average Bonchev–Trinajstić information content (AvgIpc) is 3.19. The van der Waals surface area contributed by atoms with Crippen LogP contribution in [0.15, 0.2) is 54.9 Å². The van der Waals surface area contributed by atoms with Crippen molar-refractivity contribution >= 4 is 38.1 Å². The Balaban J connectivity index is 1.79. The number of pyridine rings is 1. The molecule has 170 valence electrons. The third-order valence-corrected chi connectivity index (χ3v) is 6.74. The van der Waals surface area contributed by atoms with Crippen molar-refractivity contribution in [3.8, 4) is 11.1 Å². The molecule has 0 aliphatic rings. The summed E-state index contributed by atoms with van der Waals surface area (Å²) in [5, 5.41) is 0.325. The van der Waals surface area contributed by atoms with Gasteiger partial charge in [0.15, 0.2) is 5.82 Å². The van der Waals surface area contributed by atoms with Crippen molar-refractivity contribution in [2.75, 3.05) is 10.5 Å². The lowest BCUT2D eigenvalue weighted by molar-refractivity contribution is 0.103. The first kappa shape index (κ1) is 22.6. The lowest BCUT2D eigenvalue weighted by atomic mass is 10.00. The number of nitrogens with zero attached hydrogens (tertiary/aromatic N) is 1. The maximum absolute atomic E-state index is 15.2. The Morgan fingerprint density at radius 2 is 1.94 bits per heavy atom. The van der Waals surface area contributed by atoms with E-state index in [-0.39, 0.29) is 17.0 Å². The van der Waals surface area contributed by atoms with E-state index in [0.29, 0.717) is 28.6 Å². The van der Waals surface area contributed by atoms with Gasteiger partial charge in [-0.3, -0.25) is 4.79 Å². The molecular weight excluding hydrogens is 451 g/mol. The summed E-state index contributed by atoms with van der Waals surface area (Å²) in [6.07, 6.45) is 3.36. The van der Waals surface area contributed by atoms with E-state index in [1.807, 2.05) is 0 Å². The number of carbonyl (C=O) groups is 1. The highest BCUT2D eigenvalue weighted by molar-refractivity contribution is 8.01. The number of H-pyrrole nitrogens is 1. The minimum Gasteiger partial charge on any atom is -0.345 e. The molecule has 9 heteroatoms. The number of hydrogen-bond donors (Lipinski definition) is 2. The molecule has 4 rings (SSSR count). The fourth-order valence-electron chi connectivity index (χ4n) is 3.57. The number of hydrogen-bond acceptors (Lipinski definition) is 3. The van der Waals surface area contributed by atoms with Crippen molar-refractivity contribution < 1.29 is 22.2 Å². The predicted molar refractivity (Wildman–Crippen MR) is 125 cm³/mol.